The van der Waals surface area contributed by atoms with E-state index < -0.39 is 0 Å². The van der Waals surface area contributed by atoms with E-state index in [1.807, 2.05) is 46.3 Å². The van der Waals surface area contributed by atoms with Crippen LogP contribution in [0.1, 0.15) is 48.3 Å². The van der Waals surface area contributed by atoms with Crippen molar-refractivity contribution in [1.29, 1.82) is 0 Å². The van der Waals surface area contributed by atoms with Gasteiger partial charge in [0.05, 0.1) is 16.9 Å². The summed E-state index contributed by atoms with van der Waals surface area (Å²) in [5.74, 6) is -0.360. The Kier molecular flexibility index (Phi) is 6.43. The Morgan fingerprint density at radius 2 is 1.97 bits per heavy atom. The Morgan fingerprint density at radius 1 is 1.17 bits per heavy atom. The topological polar surface area (TPSA) is 88.9 Å². The number of aryl methyl sites for hydroxylation is 5. The van der Waals surface area contributed by atoms with Crippen LogP contribution < -0.4 is 10.6 Å². The first-order valence-corrected chi connectivity index (χ1v) is 10.3. The highest BCUT2D eigenvalue weighted by Gasteiger charge is 2.16. The number of nitrogens with one attached hydrogen (secondary N) is 2. The fourth-order valence-electron chi connectivity index (χ4n) is 3.02. The van der Waals surface area contributed by atoms with Crippen LogP contribution in [0.5, 0.6) is 0 Å². The molecule has 1 aromatic carbocycles. The second kappa shape index (κ2) is 9.00. The first-order valence-electron chi connectivity index (χ1n) is 9.45. The second-order valence-electron chi connectivity index (χ2n) is 7.01. The molecule has 3 aromatic rings. The van der Waals surface area contributed by atoms with E-state index in [4.69, 9.17) is 0 Å². The standard InChI is InChI=1S/C21H25N5O2S/c1-13-7-8-17(20(27)22-9-5-6-16-11-23-26(4)12-16)10-18(13)25-21(28)19-14(2)24-15(3)29-19/h7-8,10-12H,5-6,9H2,1-4H3,(H,22,27)(H,25,28). The highest BCUT2D eigenvalue weighted by Crippen LogP contribution is 2.22. The van der Waals surface area contributed by atoms with Crippen LogP contribution in [0.4, 0.5) is 5.69 Å². The number of carbonyl (C=O) groups excluding carboxylic acids is 2. The van der Waals surface area contributed by atoms with Crippen molar-refractivity contribution in [3.8, 4) is 0 Å². The monoisotopic (exact) mass is 411 g/mol. The molecule has 8 heteroatoms. The van der Waals surface area contributed by atoms with Gasteiger partial charge in [0.25, 0.3) is 11.8 Å². The second-order valence-corrected chi connectivity index (χ2v) is 8.22. The lowest BCUT2D eigenvalue weighted by Crippen LogP contribution is -2.25. The van der Waals surface area contributed by atoms with E-state index in [0.717, 1.165) is 29.0 Å². The quantitative estimate of drug-likeness (QED) is 0.583. The number of anilines is 1. The van der Waals surface area contributed by atoms with Gasteiger partial charge < -0.3 is 10.6 Å². The molecule has 29 heavy (non-hydrogen) atoms. The minimum Gasteiger partial charge on any atom is -0.352 e. The van der Waals surface area contributed by atoms with Gasteiger partial charge in [0.1, 0.15) is 4.88 Å². The van der Waals surface area contributed by atoms with Gasteiger partial charge in [-0.05, 0) is 56.9 Å². The minimum absolute atomic E-state index is 0.156. The lowest BCUT2D eigenvalue weighted by Gasteiger charge is -2.11. The molecule has 2 heterocycles. The molecule has 152 valence electrons. The highest BCUT2D eigenvalue weighted by atomic mass is 32.1. The number of hydrogen-bond donors (Lipinski definition) is 2. The summed E-state index contributed by atoms with van der Waals surface area (Å²) in [5, 5.41) is 10.8. The molecule has 0 saturated carbocycles. The van der Waals surface area contributed by atoms with Crippen LogP contribution in [0.25, 0.3) is 0 Å². The number of carbonyl (C=O) groups is 2. The maximum absolute atomic E-state index is 12.6. The molecule has 2 N–H and O–H groups in total. The van der Waals surface area contributed by atoms with Crippen molar-refractivity contribution >= 4 is 28.8 Å². The minimum atomic E-state index is -0.203. The maximum Gasteiger partial charge on any atom is 0.267 e. The van der Waals surface area contributed by atoms with Gasteiger partial charge in [0.15, 0.2) is 0 Å². The predicted molar refractivity (Wildman–Crippen MR) is 115 cm³/mol. The average Bonchev–Trinajstić information content (AvgIpc) is 3.24. The summed E-state index contributed by atoms with van der Waals surface area (Å²) in [6.45, 7) is 6.16. The molecule has 0 fully saturated rings. The van der Waals surface area contributed by atoms with Gasteiger partial charge in [-0.1, -0.05) is 6.07 Å². The normalized spacial score (nSPS) is 10.8. The molecule has 0 aliphatic heterocycles. The summed E-state index contributed by atoms with van der Waals surface area (Å²) in [6, 6.07) is 5.32. The van der Waals surface area contributed by atoms with Crippen molar-refractivity contribution in [1.82, 2.24) is 20.1 Å². The van der Waals surface area contributed by atoms with Crippen LogP contribution in [0.15, 0.2) is 30.6 Å². The Balaban J connectivity index is 1.59. The van der Waals surface area contributed by atoms with Crippen molar-refractivity contribution in [2.75, 3.05) is 11.9 Å². The van der Waals surface area contributed by atoms with E-state index in [0.29, 0.717) is 28.4 Å². The molecule has 0 saturated heterocycles. The van der Waals surface area contributed by atoms with Crippen LogP contribution >= 0.6 is 11.3 Å². The van der Waals surface area contributed by atoms with Crippen LogP contribution in [-0.2, 0) is 13.5 Å². The Hall–Kier alpha value is -3.00. The Bertz CT molecular complexity index is 1040. The third-order valence-electron chi connectivity index (χ3n) is 4.54. The number of aromatic nitrogens is 3. The van der Waals surface area contributed by atoms with Crippen LogP contribution in [0.3, 0.4) is 0 Å². The summed E-state index contributed by atoms with van der Waals surface area (Å²) >= 11 is 1.36. The molecule has 3 rings (SSSR count). The molecule has 0 spiro atoms. The van der Waals surface area contributed by atoms with Gasteiger partial charge in [0, 0.05) is 31.0 Å². The summed E-state index contributed by atoms with van der Waals surface area (Å²) in [5.41, 5.74) is 3.90. The average molecular weight is 412 g/mol. The molecule has 0 aliphatic carbocycles. The van der Waals surface area contributed by atoms with Crippen LogP contribution in [-0.4, -0.2) is 33.1 Å². The van der Waals surface area contributed by atoms with Gasteiger partial charge in [-0.15, -0.1) is 11.3 Å². The van der Waals surface area contributed by atoms with E-state index in [-0.39, 0.29) is 11.8 Å². The van der Waals surface area contributed by atoms with Crippen molar-refractivity contribution in [3.63, 3.8) is 0 Å². The smallest absolute Gasteiger partial charge is 0.267 e. The zero-order chi connectivity index (χ0) is 21.0. The Morgan fingerprint density at radius 3 is 2.62 bits per heavy atom. The summed E-state index contributed by atoms with van der Waals surface area (Å²) in [6.07, 6.45) is 5.50. The number of thiazole rings is 1. The fourth-order valence-corrected chi connectivity index (χ4v) is 3.83. The van der Waals surface area contributed by atoms with Gasteiger partial charge in [-0.25, -0.2) is 4.98 Å². The molecule has 2 amide bonds. The lowest BCUT2D eigenvalue weighted by atomic mass is 10.1. The zero-order valence-corrected chi connectivity index (χ0v) is 17.9. The number of nitrogens with zero attached hydrogens (tertiary/aromatic N) is 3. The van der Waals surface area contributed by atoms with E-state index in [1.165, 1.54) is 11.3 Å². The molecule has 0 atom stereocenters. The van der Waals surface area contributed by atoms with Crippen LogP contribution in [0.2, 0.25) is 0 Å². The first kappa shape index (κ1) is 20.7. The van der Waals surface area contributed by atoms with Crippen molar-refractivity contribution in [2.45, 2.75) is 33.6 Å². The highest BCUT2D eigenvalue weighted by molar-refractivity contribution is 7.13. The summed E-state index contributed by atoms with van der Waals surface area (Å²) < 4.78 is 1.77. The van der Waals surface area contributed by atoms with Gasteiger partial charge in [-0.3, -0.25) is 14.3 Å². The number of hydrogen-bond acceptors (Lipinski definition) is 5. The van der Waals surface area contributed by atoms with E-state index in [2.05, 4.69) is 20.7 Å². The third kappa shape index (κ3) is 5.29. The molecule has 0 bridgehead atoms. The van der Waals surface area contributed by atoms with Crippen molar-refractivity contribution in [2.24, 2.45) is 7.05 Å². The molecule has 0 aliphatic rings. The van der Waals surface area contributed by atoms with E-state index in [1.54, 1.807) is 16.8 Å². The predicted octanol–water partition coefficient (Wildman–Crippen LogP) is 3.42. The first-order chi connectivity index (χ1) is 13.8. The zero-order valence-electron chi connectivity index (χ0n) is 17.1. The molecule has 0 unspecified atom stereocenters. The maximum atomic E-state index is 12.6. The van der Waals surface area contributed by atoms with E-state index in [9.17, 15) is 9.59 Å². The number of rotatable bonds is 7. The van der Waals surface area contributed by atoms with Crippen molar-refractivity contribution in [3.05, 3.63) is 62.9 Å². The number of amides is 2. The summed E-state index contributed by atoms with van der Waals surface area (Å²) in [4.78, 5) is 30.0. The Labute approximate surface area is 174 Å². The molecular weight excluding hydrogens is 386 g/mol. The lowest BCUT2D eigenvalue weighted by molar-refractivity contribution is 0.0951. The number of benzene rings is 1. The SMILES string of the molecule is Cc1nc(C)c(C(=O)Nc2cc(C(=O)NCCCc3cnn(C)c3)ccc2C)s1. The van der Waals surface area contributed by atoms with Gasteiger partial charge in [-0.2, -0.15) is 5.10 Å². The third-order valence-corrected chi connectivity index (χ3v) is 5.62. The largest absolute Gasteiger partial charge is 0.352 e. The van der Waals surface area contributed by atoms with Gasteiger partial charge in [0.2, 0.25) is 0 Å². The molecule has 2 aromatic heterocycles. The molecule has 7 nitrogen and oxygen atoms in total. The van der Waals surface area contributed by atoms with E-state index >= 15 is 0 Å². The fraction of sp³-hybridized carbons (Fsp3) is 0.333. The van der Waals surface area contributed by atoms with Gasteiger partial charge >= 0.3 is 0 Å². The molecule has 0 radical (unpaired) electrons. The van der Waals surface area contributed by atoms with Crippen molar-refractivity contribution < 1.29 is 9.59 Å². The molecular formula is C21H25N5O2S. The van der Waals surface area contributed by atoms with Crippen LogP contribution in [0, 0.1) is 20.8 Å². The summed E-state index contributed by atoms with van der Waals surface area (Å²) in [7, 11) is 1.89.